The van der Waals surface area contributed by atoms with Gasteiger partial charge in [0.25, 0.3) is 0 Å². The summed E-state index contributed by atoms with van der Waals surface area (Å²) in [5.41, 5.74) is 9.00. The summed E-state index contributed by atoms with van der Waals surface area (Å²) in [5, 5.41) is 2.77. The van der Waals surface area contributed by atoms with E-state index in [-0.39, 0.29) is 0 Å². The molecule has 0 spiro atoms. The Morgan fingerprint density at radius 1 is 0.659 bits per heavy atom. The van der Waals surface area contributed by atoms with E-state index < -0.39 is 8.07 Å². The minimum Gasteiger partial charge on any atom is -0.313 e. The Hall–Kier alpha value is -3.36. The summed E-state index contributed by atoms with van der Waals surface area (Å²) >= 11 is 0. The second kappa shape index (κ2) is 10.1. The van der Waals surface area contributed by atoms with Crippen molar-refractivity contribution in [3.63, 3.8) is 0 Å². The Morgan fingerprint density at radius 3 is 1.95 bits per heavy atom. The standard InChI is InChI=1S/C42H45NSi/c1-27-25-36-30(28-13-5-4-6-14-28)17-11-18-33(36)41(27)44(2,3)42-34-19-12-22-40(37(34)26-35(42)29-23-24-29)43-38-20-9-7-15-31(38)32-16-8-10-21-39(32)43/h4-22,27,29,33-37,41-42H,23-26H2,1-3H3. The van der Waals surface area contributed by atoms with E-state index in [2.05, 4.69) is 140 Å². The molecule has 9 rings (SSSR count). The molecule has 3 aromatic carbocycles. The van der Waals surface area contributed by atoms with Crippen molar-refractivity contribution in [3.05, 3.63) is 121 Å². The van der Waals surface area contributed by atoms with Crippen LogP contribution in [0.25, 0.3) is 33.1 Å². The molecule has 44 heavy (non-hydrogen) atoms. The Balaban J connectivity index is 1.11. The molecule has 0 radical (unpaired) electrons. The number of hydrogen-bond acceptors (Lipinski definition) is 0. The summed E-state index contributed by atoms with van der Waals surface area (Å²) in [7, 11) is -1.72. The number of rotatable bonds is 5. The minimum atomic E-state index is -1.72. The van der Waals surface area contributed by atoms with Gasteiger partial charge in [0.2, 0.25) is 0 Å². The fourth-order valence-corrected chi connectivity index (χ4v) is 17.6. The van der Waals surface area contributed by atoms with Crippen LogP contribution >= 0.6 is 0 Å². The van der Waals surface area contributed by atoms with Crippen molar-refractivity contribution in [1.29, 1.82) is 0 Å². The van der Waals surface area contributed by atoms with E-state index in [1.165, 1.54) is 53.1 Å². The Kier molecular flexibility index (Phi) is 6.18. The van der Waals surface area contributed by atoms with Crippen molar-refractivity contribution in [2.45, 2.75) is 56.8 Å². The SMILES string of the molecule is CC1CC2C(c3ccccc3)=CC=CC2C1[Si](C)(C)C1C2C=CC=C(n3c4ccccc4c4ccccc43)C2CC1C1CC1. The molecule has 1 aromatic heterocycles. The van der Waals surface area contributed by atoms with E-state index in [9.17, 15) is 0 Å². The summed E-state index contributed by atoms with van der Waals surface area (Å²) in [6.45, 7) is 8.28. The Bertz CT molecular complexity index is 1810. The molecule has 5 aliphatic carbocycles. The smallest absolute Gasteiger partial charge is 0.0553 e. The minimum absolute atomic E-state index is 0.607. The monoisotopic (exact) mass is 591 g/mol. The third-order valence-electron chi connectivity index (χ3n) is 12.9. The van der Waals surface area contributed by atoms with Gasteiger partial charge in [0.05, 0.1) is 19.1 Å². The van der Waals surface area contributed by atoms with Crippen molar-refractivity contribution in [1.82, 2.24) is 4.57 Å². The zero-order valence-corrected chi connectivity index (χ0v) is 27.4. The van der Waals surface area contributed by atoms with Crippen molar-refractivity contribution >= 4 is 41.1 Å². The number of benzene rings is 3. The van der Waals surface area contributed by atoms with Crippen molar-refractivity contribution in [2.75, 3.05) is 0 Å². The van der Waals surface area contributed by atoms with Crippen LogP contribution in [-0.2, 0) is 0 Å². The zero-order chi connectivity index (χ0) is 29.6. The van der Waals surface area contributed by atoms with E-state index in [1.807, 2.05) is 0 Å². The van der Waals surface area contributed by atoms with Gasteiger partial charge in [-0.2, -0.15) is 0 Å². The third-order valence-corrected chi connectivity index (χ3v) is 18.1. The second-order valence-corrected chi connectivity index (χ2v) is 20.4. The molecule has 0 amide bonds. The first kappa shape index (κ1) is 27.0. The average molecular weight is 592 g/mol. The molecular weight excluding hydrogens is 547 g/mol. The summed E-state index contributed by atoms with van der Waals surface area (Å²) in [4.78, 5) is 0. The Morgan fingerprint density at radius 2 is 1.27 bits per heavy atom. The van der Waals surface area contributed by atoms with Gasteiger partial charge in [-0.15, -0.1) is 0 Å². The van der Waals surface area contributed by atoms with Crippen LogP contribution in [0.2, 0.25) is 24.2 Å². The van der Waals surface area contributed by atoms with E-state index >= 15 is 0 Å². The number of para-hydroxylation sites is 2. The quantitative estimate of drug-likeness (QED) is 0.203. The molecule has 8 atom stereocenters. The summed E-state index contributed by atoms with van der Waals surface area (Å²) < 4.78 is 2.65. The number of aromatic nitrogens is 1. The van der Waals surface area contributed by atoms with Crippen LogP contribution in [0.15, 0.2) is 115 Å². The zero-order valence-electron chi connectivity index (χ0n) is 26.4. The van der Waals surface area contributed by atoms with Gasteiger partial charge in [-0.1, -0.05) is 117 Å². The summed E-state index contributed by atoms with van der Waals surface area (Å²) in [6.07, 6.45) is 20.7. The first-order valence-corrected chi connectivity index (χ1v) is 20.5. The molecule has 5 aliphatic rings. The normalized spacial score (nSPS) is 33.0. The highest BCUT2D eigenvalue weighted by Crippen LogP contribution is 2.67. The highest BCUT2D eigenvalue weighted by molar-refractivity contribution is 6.80. The maximum absolute atomic E-state index is 2.83. The average Bonchev–Trinajstić information content (AvgIpc) is 3.60. The molecule has 0 saturated heterocycles. The van der Waals surface area contributed by atoms with Gasteiger partial charge >= 0.3 is 0 Å². The molecule has 0 N–H and O–H groups in total. The lowest BCUT2D eigenvalue weighted by molar-refractivity contribution is 0.437. The largest absolute Gasteiger partial charge is 0.313 e. The van der Waals surface area contributed by atoms with Crippen molar-refractivity contribution in [2.24, 2.45) is 41.4 Å². The molecule has 4 aromatic rings. The van der Waals surface area contributed by atoms with E-state index in [4.69, 9.17) is 0 Å². The fraction of sp³-hybridized carbons (Fsp3) is 0.381. The van der Waals surface area contributed by atoms with Crippen LogP contribution < -0.4 is 0 Å². The third kappa shape index (κ3) is 3.95. The fourth-order valence-electron chi connectivity index (χ4n) is 11.3. The maximum Gasteiger partial charge on any atom is 0.0553 e. The Labute approximate surface area is 264 Å². The first-order chi connectivity index (χ1) is 21.5. The van der Waals surface area contributed by atoms with Crippen LogP contribution in [0, 0.1) is 41.4 Å². The molecule has 2 heteroatoms. The van der Waals surface area contributed by atoms with E-state index in [1.54, 1.807) is 11.3 Å². The summed E-state index contributed by atoms with van der Waals surface area (Å²) in [6, 6.07) is 29.5. The molecule has 8 unspecified atom stereocenters. The van der Waals surface area contributed by atoms with Crippen LogP contribution in [0.4, 0.5) is 0 Å². The van der Waals surface area contributed by atoms with Gasteiger partial charge in [-0.05, 0) is 102 Å². The number of allylic oxidation sites excluding steroid dienone is 8. The topological polar surface area (TPSA) is 4.93 Å². The molecule has 0 bridgehead atoms. The molecule has 1 heterocycles. The van der Waals surface area contributed by atoms with Crippen LogP contribution in [0.3, 0.4) is 0 Å². The number of hydrogen-bond donors (Lipinski definition) is 0. The molecule has 3 fully saturated rings. The first-order valence-electron chi connectivity index (χ1n) is 17.3. The second-order valence-electron chi connectivity index (χ2n) is 15.4. The van der Waals surface area contributed by atoms with E-state index in [0.29, 0.717) is 23.7 Å². The molecule has 222 valence electrons. The number of nitrogens with zero attached hydrogens (tertiary/aromatic N) is 1. The lowest BCUT2D eigenvalue weighted by Crippen LogP contribution is -2.46. The van der Waals surface area contributed by atoms with Gasteiger partial charge < -0.3 is 4.57 Å². The van der Waals surface area contributed by atoms with Gasteiger partial charge in [0, 0.05) is 22.4 Å². The summed E-state index contributed by atoms with van der Waals surface area (Å²) in [5.74, 6) is 5.21. The molecule has 0 aliphatic heterocycles. The van der Waals surface area contributed by atoms with Gasteiger partial charge in [0.15, 0.2) is 0 Å². The van der Waals surface area contributed by atoms with E-state index in [0.717, 1.165) is 28.8 Å². The van der Waals surface area contributed by atoms with Crippen LogP contribution in [0.5, 0.6) is 0 Å². The maximum atomic E-state index is 2.83. The number of fused-ring (bicyclic) bond motifs is 5. The highest BCUT2D eigenvalue weighted by atomic mass is 28.3. The molecule has 1 nitrogen and oxygen atoms in total. The predicted molar refractivity (Wildman–Crippen MR) is 190 cm³/mol. The highest BCUT2D eigenvalue weighted by Gasteiger charge is 2.60. The van der Waals surface area contributed by atoms with Gasteiger partial charge in [0.1, 0.15) is 0 Å². The lowest BCUT2D eigenvalue weighted by atomic mass is 9.81. The lowest BCUT2D eigenvalue weighted by Gasteiger charge is -2.46. The molecular formula is C42H45NSi. The van der Waals surface area contributed by atoms with Crippen LogP contribution in [0.1, 0.15) is 38.2 Å². The van der Waals surface area contributed by atoms with Crippen molar-refractivity contribution < 1.29 is 0 Å². The predicted octanol–water partition coefficient (Wildman–Crippen LogP) is 11.2. The van der Waals surface area contributed by atoms with Crippen LogP contribution in [-0.4, -0.2) is 12.6 Å². The van der Waals surface area contributed by atoms with Crippen molar-refractivity contribution in [3.8, 4) is 0 Å². The van der Waals surface area contributed by atoms with Gasteiger partial charge in [-0.3, -0.25) is 0 Å². The van der Waals surface area contributed by atoms with Gasteiger partial charge in [-0.25, -0.2) is 0 Å². The molecule has 3 saturated carbocycles.